The number of unbranched alkanes of at least 4 members (excludes halogenated alkanes) is 1. The van der Waals surface area contributed by atoms with Gasteiger partial charge in [-0.2, -0.15) is 0 Å². The van der Waals surface area contributed by atoms with Gasteiger partial charge in [-0.15, -0.1) is 0 Å². The van der Waals surface area contributed by atoms with Crippen LogP contribution in [0.4, 0.5) is 8.78 Å². The maximum atomic E-state index is 14.1. The van der Waals surface area contributed by atoms with Crippen molar-refractivity contribution in [1.82, 2.24) is 10.2 Å². The van der Waals surface area contributed by atoms with E-state index in [9.17, 15) is 18.4 Å². The van der Waals surface area contributed by atoms with Gasteiger partial charge in [-0.25, -0.2) is 8.78 Å². The number of hydrogen-bond donors (Lipinski definition) is 1. The lowest BCUT2D eigenvalue weighted by atomic mass is 10.1. The summed E-state index contributed by atoms with van der Waals surface area (Å²) in [6.07, 6.45) is 1.74. The molecule has 156 valence electrons. The highest BCUT2D eigenvalue weighted by atomic mass is 19.1. The van der Waals surface area contributed by atoms with Gasteiger partial charge in [0.25, 0.3) is 5.91 Å². The van der Waals surface area contributed by atoms with Crippen molar-refractivity contribution in [3.05, 3.63) is 65.7 Å². The number of carbonyl (C=O) groups excluding carboxylic acids is 2. The average Bonchev–Trinajstić information content (AvgIpc) is 2.72. The summed E-state index contributed by atoms with van der Waals surface area (Å²) in [7, 11) is 0. The van der Waals surface area contributed by atoms with Crippen molar-refractivity contribution in [1.29, 1.82) is 0 Å². The smallest absolute Gasteiger partial charge is 0.261 e. The molecule has 7 heteroatoms. The number of hydrogen-bond acceptors (Lipinski definition) is 3. The van der Waals surface area contributed by atoms with E-state index < -0.39 is 30.2 Å². The molecule has 29 heavy (non-hydrogen) atoms. The molecular weight excluding hydrogens is 378 g/mol. The molecule has 2 aromatic carbocycles. The Morgan fingerprint density at radius 2 is 1.72 bits per heavy atom. The number of benzene rings is 2. The van der Waals surface area contributed by atoms with E-state index in [1.807, 2.05) is 6.92 Å². The summed E-state index contributed by atoms with van der Waals surface area (Å²) in [4.78, 5) is 26.5. The SMILES string of the molecule is CCCCNC(=O)C(C)N(Cc1ccccc1F)C(=O)COc1ccccc1F. The molecule has 1 N–H and O–H groups in total. The molecule has 0 aliphatic heterocycles. The minimum Gasteiger partial charge on any atom is -0.481 e. The zero-order valence-corrected chi connectivity index (χ0v) is 16.7. The molecule has 0 saturated carbocycles. The van der Waals surface area contributed by atoms with Gasteiger partial charge < -0.3 is 15.0 Å². The molecule has 0 fully saturated rings. The number of halogens is 2. The van der Waals surface area contributed by atoms with Crippen LogP contribution >= 0.6 is 0 Å². The molecule has 5 nitrogen and oxygen atoms in total. The van der Waals surface area contributed by atoms with Crippen molar-refractivity contribution in [3.8, 4) is 5.75 Å². The van der Waals surface area contributed by atoms with Crippen LogP contribution < -0.4 is 10.1 Å². The second-order valence-corrected chi connectivity index (χ2v) is 6.65. The van der Waals surface area contributed by atoms with Crippen LogP contribution in [0.2, 0.25) is 0 Å². The van der Waals surface area contributed by atoms with Gasteiger partial charge in [0.2, 0.25) is 5.91 Å². The first-order valence-corrected chi connectivity index (χ1v) is 9.62. The van der Waals surface area contributed by atoms with Crippen LogP contribution in [0, 0.1) is 11.6 Å². The molecule has 0 bridgehead atoms. The van der Waals surface area contributed by atoms with Gasteiger partial charge in [0.1, 0.15) is 11.9 Å². The predicted molar refractivity (Wildman–Crippen MR) is 106 cm³/mol. The number of nitrogens with zero attached hydrogens (tertiary/aromatic N) is 1. The highest BCUT2D eigenvalue weighted by molar-refractivity contribution is 5.87. The Hall–Kier alpha value is -2.96. The van der Waals surface area contributed by atoms with Crippen LogP contribution in [-0.2, 0) is 16.1 Å². The number of amides is 2. The average molecular weight is 404 g/mol. The molecule has 0 spiro atoms. The van der Waals surface area contributed by atoms with E-state index in [1.54, 1.807) is 31.2 Å². The first-order valence-electron chi connectivity index (χ1n) is 9.62. The van der Waals surface area contributed by atoms with E-state index >= 15 is 0 Å². The molecule has 0 heterocycles. The standard InChI is InChI=1S/C22H26F2N2O3/c1-3-4-13-25-22(28)16(2)26(14-17-9-5-6-10-18(17)23)21(27)15-29-20-12-8-7-11-19(20)24/h5-12,16H,3-4,13-15H2,1-2H3,(H,25,28). The van der Waals surface area contributed by atoms with Crippen LogP contribution in [-0.4, -0.2) is 35.9 Å². The fraction of sp³-hybridized carbons (Fsp3) is 0.364. The van der Waals surface area contributed by atoms with Crippen molar-refractivity contribution in [2.24, 2.45) is 0 Å². The van der Waals surface area contributed by atoms with Crippen LogP contribution in [0.3, 0.4) is 0 Å². The summed E-state index contributed by atoms with van der Waals surface area (Å²) in [5.41, 5.74) is 0.278. The van der Waals surface area contributed by atoms with Gasteiger partial charge in [0.15, 0.2) is 18.2 Å². The van der Waals surface area contributed by atoms with Crippen molar-refractivity contribution in [3.63, 3.8) is 0 Å². The lowest BCUT2D eigenvalue weighted by Gasteiger charge is -2.29. The van der Waals surface area contributed by atoms with Crippen molar-refractivity contribution < 1.29 is 23.1 Å². The molecule has 0 radical (unpaired) electrons. The third-order valence-corrected chi connectivity index (χ3v) is 4.48. The minimum atomic E-state index is -0.844. The van der Waals surface area contributed by atoms with E-state index in [0.29, 0.717) is 6.54 Å². The van der Waals surface area contributed by atoms with E-state index in [1.165, 1.54) is 29.2 Å². The third kappa shape index (κ3) is 6.55. The summed E-state index contributed by atoms with van der Waals surface area (Å²) in [5.74, 6) is -2.01. The Morgan fingerprint density at radius 3 is 2.38 bits per heavy atom. The van der Waals surface area contributed by atoms with Gasteiger partial charge in [0, 0.05) is 18.7 Å². The van der Waals surface area contributed by atoms with Crippen LogP contribution in [0.15, 0.2) is 48.5 Å². The van der Waals surface area contributed by atoms with Crippen molar-refractivity contribution >= 4 is 11.8 Å². The predicted octanol–water partition coefficient (Wildman–Crippen LogP) is 3.68. The summed E-state index contributed by atoms with van der Waals surface area (Å²) in [6, 6.07) is 10.9. The molecule has 2 aromatic rings. The second-order valence-electron chi connectivity index (χ2n) is 6.65. The van der Waals surface area contributed by atoms with Gasteiger partial charge in [-0.1, -0.05) is 43.7 Å². The lowest BCUT2D eigenvalue weighted by molar-refractivity contribution is -0.142. The molecule has 0 aliphatic carbocycles. The first kappa shape index (κ1) is 22.3. The summed E-state index contributed by atoms with van der Waals surface area (Å²) < 4.78 is 33.1. The Balaban J connectivity index is 2.14. The highest BCUT2D eigenvalue weighted by Crippen LogP contribution is 2.17. The molecule has 2 rings (SSSR count). The Labute approximate surface area is 169 Å². The van der Waals surface area contributed by atoms with Gasteiger partial charge in [-0.05, 0) is 31.5 Å². The lowest BCUT2D eigenvalue weighted by Crippen LogP contribution is -2.49. The third-order valence-electron chi connectivity index (χ3n) is 4.48. The number of nitrogens with one attached hydrogen (secondary N) is 1. The number of rotatable bonds is 10. The summed E-state index contributed by atoms with van der Waals surface area (Å²) >= 11 is 0. The number of carbonyl (C=O) groups is 2. The van der Waals surface area contributed by atoms with Gasteiger partial charge in [0.05, 0.1) is 0 Å². The normalized spacial score (nSPS) is 11.6. The topological polar surface area (TPSA) is 58.6 Å². The largest absolute Gasteiger partial charge is 0.481 e. The molecule has 1 unspecified atom stereocenters. The molecule has 0 aromatic heterocycles. The van der Waals surface area contributed by atoms with E-state index in [-0.39, 0.29) is 23.8 Å². The number of ether oxygens (including phenoxy) is 1. The Morgan fingerprint density at radius 1 is 1.07 bits per heavy atom. The zero-order valence-electron chi connectivity index (χ0n) is 16.7. The molecule has 0 aliphatic rings. The van der Waals surface area contributed by atoms with Gasteiger partial charge >= 0.3 is 0 Å². The minimum absolute atomic E-state index is 0.0632. The molecule has 2 amide bonds. The van der Waals surface area contributed by atoms with Crippen LogP contribution in [0.1, 0.15) is 32.3 Å². The maximum Gasteiger partial charge on any atom is 0.261 e. The Bertz CT molecular complexity index is 829. The Kier molecular flexibility index (Phi) is 8.58. The molecule has 1 atom stereocenters. The van der Waals surface area contributed by atoms with E-state index in [2.05, 4.69) is 5.32 Å². The highest BCUT2D eigenvalue weighted by Gasteiger charge is 2.27. The van der Waals surface area contributed by atoms with Crippen molar-refractivity contribution in [2.45, 2.75) is 39.3 Å². The monoisotopic (exact) mass is 404 g/mol. The number of para-hydroxylation sites is 1. The van der Waals surface area contributed by atoms with Crippen LogP contribution in [0.5, 0.6) is 5.75 Å². The zero-order chi connectivity index (χ0) is 21.2. The summed E-state index contributed by atoms with van der Waals surface area (Å²) in [5, 5.41) is 2.77. The van der Waals surface area contributed by atoms with Crippen molar-refractivity contribution in [2.75, 3.05) is 13.2 Å². The summed E-state index contributed by atoms with van der Waals surface area (Å²) in [6.45, 7) is 3.50. The first-order chi connectivity index (χ1) is 13.9. The van der Waals surface area contributed by atoms with Crippen LogP contribution in [0.25, 0.3) is 0 Å². The molecule has 0 saturated heterocycles. The molecular formula is C22H26F2N2O3. The van der Waals surface area contributed by atoms with Gasteiger partial charge in [-0.3, -0.25) is 9.59 Å². The second kappa shape index (κ2) is 11.1. The fourth-order valence-electron chi connectivity index (χ4n) is 2.71. The quantitative estimate of drug-likeness (QED) is 0.615. The van der Waals surface area contributed by atoms with E-state index in [4.69, 9.17) is 4.74 Å². The van der Waals surface area contributed by atoms with E-state index in [0.717, 1.165) is 12.8 Å². The maximum absolute atomic E-state index is 14.1. The fourth-order valence-corrected chi connectivity index (χ4v) is 2.71.